The Morgan fingerprint density at radius 3 is 2.47 bits per heavy atom. The number of hydrogen-bond acceptors (Lipinski definition) is 5. The highest BCUT2D eigenvalue weighted by atomic mass is 16.3. The summed E-state index contributed by atoms with van der Waals surface area (Å²) in [4.78, 5) is 26.9. The van der Waals surface area contributed by atoms with Gasteiger partial charge in [0.1, 0.15) is 12.1 Å². The lowest BCUT2D eigenvalue weighted by molar-refractivity contribution is -0.155. The molecule has 6 heteroatoms. The van der Waals surface area contributed by atoms with Crippen LogP contribution in [-0.2, 0) is 9.59 Å². The number of aliphatic hydroxyl groups is 1. The molecular weight excluding hydrogens is 378 g/mol. The van der Waals surface area contributed by atoms with E-state index in [2.05, 4.69) is 5.01 Å². The molecule has 5 rings (SSSR count). The van der Waals surface area contributed by atoms with Gasteiger partial charge in [-0.25, -0.2) is 10.0 Å². The SMILES string of the molecule is CN1C(=O)C2C=CC(C(O)c3cccc4ccccc34)N(N3CCCCC3)C2C1=O. The zero-order valence-corrected chi connectivity index (χ0v) is 17.1. The van der Waals surface area contributed by atoms with Gasteiger partial charge in [-0.1, -0.05) is 61.0 Å². The minimum Gasteiger partial charge on any atom is -0.386 e. The molecule has 2 aromatic carbocycles. The first-order valence-electron chi connectivity index (χ1n) is 10.8. The van der Waals surface area contributed by atoms with Gasteiger partial charge in [-0.3, -0.25) is 14.5 Å². The molecule has 0 aromatic heterocycles. The Kier molecular flexibility index (Phi) is 4.93. The molecule has 4 atom stereocenters. The van der Waals surface area contributed by atoms with Crippen LogP contribution in [0.1, 0.15) is 30.9 Å². The molecule has 2 fully saturated rings. The fourth-order valence-electron chi connectivity index (χ4n) is 5.21. The van der Waals surface area contributed by atoms with E-state index in [1.807, 2.05) is 59.6 Å². The first-order chi connectivity index (χ1) is 14.6. The average Bonchev–Trinajstić information content (AvgIpc) is 3.02. The number of likely N-dealkylation sites (N-methyl/N-ethyl adjacent to an activating group) is 1. The predicted molar refractivity (Wildman–Crippen MR) is 114 cm³/mol. The van der Waals surface area contributed by atoms with Crippen molar-refractivity contribution in [3.63, 3.8) is 0 Å². The first-order valence-corrected chi connectivity index (χ1v) is 10.8. The van der Waals surface area contributed by atoms with Gasteiger partial charge in [0, 0.05) is 20.1 Å². The second kappa shape index (κ2) is 7.61. The predicted octanol–water partition coefficient (Wildman–Crippen LogP) is 2.50. The van der Waals surface area contributed by atoms with Gasteiger partial charge >= 0.3 is 0 Å². The van der Waals surface area contributed by atoms with E-state index in [0.717, 1.165) is 48.7 Å². The second-order valence-electron chi connectivity index (χ2n) is 8.49. The van der Waals surface area contributed by atoms with Gasteiger partial charge in [0.15, 0.2) is 0 Å². The van der Waals surface area contributed by atoms with Gasteiger partial charge in [-0.05, 0) is 29.2 Å². The van der Waals surface area contributed by atoms with Gasteiger partial charge in [0.05, 0.1) is 12.0 Å². The van der Waals surface area contributed by atoms with Crippen LogP contribution in [0.3, 0.4) is 0 Å². The maximum Gasteiger partial charge on any atom is 0.248 e. The average molecular weight is 405 g/mol. The van der Waals surface area contributed by atoms with Crippen LogP contribution in [0.4, 0.5) is 0 Å². The van der Waals surface area contributed by atoms with Crippen LogP contribution in [-0.4, -0.2) is 64.1 Å². The molecule has 156 valence electrons. The van der Waals surface area contributed by atoms with Crippen molar-refractivity contribution in [1.29, 1.82) is 0 Å². The van der Waals surface area contributed by atoms with Crippen molar-refractivity contribution in [3.8, 4) is 0 Å². The van der Waals surface area contributed by atoms with Gasteiger partial charge in [0.25, 0.3) is 0 Å². The Bertz CT molecular complexity index is 1010. The number of rotatable bonds is 3. The van der Waals surface area contributed by atoms with Gasteiger partial charge in [0.2, 0.25) is 11.8 Å². The molecule has 4 unspecified atom stereocenters. The topological polar surface area (TPSA) is 64.1 Å². The summed E-state index contributed by atoms with van der Waals surface area (Å²) in [7, 11) is 1.56. The Labute approximate surface area is 176 Å². The number of imide groups is 1. The Balaban J connectivity index is 1.58. The van der Waals surface area contributed by atoms with E-state index in [1.54, 1.807) is 7.05 Å². The van der Waals surface area contributed by atoms with Crippen molar-refractivity contribution in [2.45, 2.75) is 37.5 Å². The summed E-state index contributed by atoms with van der Waals surface area (Å²) in [6, 6.07) is 13.0. The number of aliphatic hydroxyl groups excluding tert-OH is 1. The normalized spacial score (nSPS) is 28.9. The van der Waals surface area contributed by atoms with E-state index in [4.69, 9.17) is 0 Å². The standard InChI is InChI=1S/C24H27N3O3/c1-25-23(29)19-12-13-20(27(21(19)24(25)30)26-14-5-2-6-15-26)22(28)18-11-7-9-16-8-3-4-10-17(16)18/h3-4,7-13,19-22,28H,2,5-6,14-15H2,1H3. The van der Waals surface area contributed by atoms with Crippen molar-refractivity contribution >= 4 is 22.6 Å². The van der Waals surface area contributed by atoms with Crippen LogP contribution in [0.2, 0.25) is 0 Å². The molecule has 3 aliphatic heterocycles. The lowest BCUT2D eigenvalue weighted by Crippen LogP contribution is -2.61. The van der Waals surface area contributed by atoms with Crippen LogP contribution in [0.25, 0.3) is 10.8 Å². The summed E-state index contributed by atoms with van der Waals surface area (Å²) < 4.78 is 0. The summed E-state index contributed by atoms with van der Waals surface area (Å²) in [5.74, 6) is -0.836. The summed E-state index contributed by atoms with van der Waals surface area (Å²) in [6.07, 6.45) is 6.20. The molecule has 2 amide bonds. The largest absolute Gasteiger partial charge is 0.386 e. The summed E-state index contributed by atoms with van der Waals surface area (Å²) in [6.45, 7) is 1.67. The van der Waals surface area contributed by atoms with Gasteiger partial charge in [-0.2, -0.15) is 0 Å². The maximum atomic E-state index is 13.0. The molecule has 30 heavy (non-hydrogen) atoms. The molecule has 0 spiro atoms. The number of likely N-dealkylation sites (tertiary alicyclic amines) is 1. The van der Waals surface area contributed by atoms with Crippen LogP contribution in [0, 0.1) is 5.92 Å². The van der Waals surface area contributed by atoms with Crippen LogP contribution in [0.5, 0.6) is 0 Å². The highest BCUT2D eigenvalue weighted by molar-refractivity contribution is 6.08. The fraction of sp³-hybridized carbons (Fsp3) is 0.417. The highest BCUT2D eigenvalue weighted by Crippen LogP contribution is 2.38. The number of hydrogen-bond donors (Lipinski definition) is 1. The minimum absolute atomic E-state index is 0.165. The van der Waals surface area contributed by atoms with Crippen molar-refractivity contribution in [2.75, 3.05) is 20.1 Å². The molecule has 3 aliphatic rings. The zero-order valence-electron chi connectivity index (χ0n) is 17.1. The molecule has 2 saturated heterocycles. The second-order valence-corrected chi connectivity index (χ2v) is 8.49. The monoisotopic (exact) mass is 405 g/mol. The van der Waals surface area contributed by atoms with E-state index in [1.165, 1.54) is 4.90 Å². The smallest absolute Gasteiger partial charge is 0.248 e. The highest BCUT2D eigenvalue weighted by Gasteiger charge is 2.53. The van der Waals surface area contributed by atoms with Gasteiger partial charge in [-0.15, -0.1) is 0 Å². The van der Waals surface area contributed by atoms with E-state index in [9.17, 15) is 14.7 Å². The number of amides is 2. The minimum atomic E-state index is -0.816. The van der Waals surface area contributed by atoms with E-state index >= 15 is 0 Å². The lowest BCUT2D eigenvalue weighted by Gasteiger charge is -2.47. The van der Waals surface area contributed by atoms with Gasteiger partial charge < -0.3 is 5.11 Å². The Morgan fingerprint density at radius 1 is 0.933 bits per heavy atom. The van der Waals surface area contributed by atoms with E-state index in [0.29, 0.717) is 0 Å². The number of hydrazine groups is 1. The quantitative estimate of drug-likeness (QED) is 0.628. The number of benzene rings is 2. The Hall–Kier alpha value is -2.54. The van der Waals surface area contributed by atoms with Crippen LogP contribution in [0.15, 0.2) is 54.6 Å². The molecular formula is C24H27N3O3. The molecule has 6 nitrogen and oxygen atoms in total. The third kappa shape index (κ3) is 2.98. The lowest BCUT2D eigenvalue weighted by atomic mass is 9.88. The molecule has 2 aromatic rings. The fourth-order valence-corrected chi connectivity index (χ4v) is 5.21. The summed E-state index contributed by atoms with van der Waals surface area (Å²) in [5.41, 5.74) is 0.841. The Morgan fingerprint density at radius 2 is 1.67 bits per heavy atom. The van der Waals surface area contributed by atoms with Crippen molar-refractivity contribution in [2.24, 2.45) is 5.92 Å². The molecule has 1 N–H and O–H groups in total. The summed E-state index contributed by atoms with van der Waals surface area (Å²) in [5, 5.41) is 17.8. The molecule has 0 radical (unpaired) electrons. The number of piperidine rings is 1. The maximum absolute atomic E-state index is 13.0. The first kappa shape index (κ1) is 19.4. The number of fused-ring (bicyclic) bond motifs is 2. The number of carbonyl (C=O) groups excluding carboxylic acids is 2. The van der Waals surface area contributed by atoms with E-state index in [-0.39, 0.29) is 11.8 Å². The van der Waals surface area contributed by atoms with Crippen LogP contribution < -0.4 is 0 Å². The third-order valence-corrected chi connectivity index (χ3v) is 6.77. The molecule has 0 aliphatic carbocycles. The van der Waals surface area contributed by atoms with Crippen molar-refractivity contribution in [3.05, 3.63) is 60.2 Å². The number of nitrogens with zero attached hydrogens (tertiary/aromatic N) is 3. The number of carbonyl (C=O) groups is 2. The summed E-state index contributed by atoms with van der Waals surface area (Å²) >= 11 is 0. The van der Waals surface area contributed by atoms with Crippen molar-refractivity contribution in [1.82, 2.24) is 14.9 Å². The molecule has 0 saturated carbocycles. The molecule has 3 heterocycles. The third-order valence-electron chi connectivity index (χ3n) is 6.77. The molecule has 0 bridgehead atoms. The van der Waals surface area contributed by atoms with Crippen molar-refractivity contribution < 1.29 is 14.7 Å². The zero-order chi connectivity index (χ0) is 20.8. The van der Waals surface area contributed by atoms with E-state index < -0.39 is 24.1 Å². The van der Waals surface area contributed by atoms with Crippen LogP contribution >= 0.6 is 0 Å².